The van der Waals surface area contributed by atoms with Gasteiger partial charge in [-0.25, -0.2) is 0 Å². The largest absolute Gasteiger partial charge is 0.496 e. The molecule has 0 aromatic heterocycles. The van der Waals surface area contributed by atoms with Crippen LogP contribution in [0.1, 0.15) is 5.56 Å². The summed E-state index contributed by atoms with van der Waals surface area (Å²) in [7, 11) is 4.83. The second kappa shape index (κ2) is 8.58. The van der Waals surface area contributed by atoms with Crippen LogP contribution in [0.2, 0.25) is 0 Å². The number of hydrogen-bond donors (Lipinski definition) is 0. The Bertz CT molecular complexity index is 753. The number of nitrogens with zero attached hydrogens (tertiary/aromatic N) is 2. The average molecular weight is 356 g/mol. The van der Waals surface area contributed by atoms with Crippen LogP contribution in [0.5, 0.6) is 17.2 Å². The number of rotatable bonds is 6. The van der Waals surface area contributed by atoms with E-state index < -0.39 is 0 Å². The van der Waals surface area contributed by atoms with Crippen molar-refractivity contribution in [1.29, 1.82) is 0 Å². The van der Waals surface area contributed by atoms with Gasteiger partial charge in [-0.1, -0.05) is 0 Å². The summed E-state index contributed by atoms with van der Waals surface area (Å²) in [6.45, 7) is 3.40. The average Bonchev–Trinajstić information content (AvgIpc) is 2.72. The van der Waals surface area contributed by atoms with E-state index in [0.29, 0.717) is 17.2 Å². The zero-order chi connectivity index (χ0) is 18.4. The SMILES string of the molecule is COc1cc(OC)c(OC)cc1C=Nc1ccc(N2CCOCC2)cc1. The molecule has 6 heteroatoms. The van der Waals surface area contributed by atoms with E-state index in [-0.39, 0.29) is 0 Å². The van der Waals surface area contributed by atoms with Crippen LogP contribution >= 0.6 is 0 Å². The first-order valence-corrected chi connectivity index (χ1v) is 8.52. The molecule has 0 atom stereocenters. The van der Waals surface area contributed by atoms with Crippen molar-refractivity contribution in [1.82, 2.24) is 0 Å². The number of aliphatic imine (C=N–C) groups is 1. The minimum absolute atomic E-state index is 0.622. The lowest BCUT2D eigenvalue weighted by atomic mass is 10.2. The highest BCUT2D eigenvalue weighted by atomic mass is 16.5. The number of methoxy groups -OCH3 is 3. The standard InChI is InChI=1S/C20H24N2O4/c1-23-18-13-20(25-3)19(24-2)12-15(18)14-21-16-4-6-17(7-5-16)22-8-10-26-11-9-22/h4-7,12-14H,8-11H2,1-3H3. The third-order valence-corrected chi connectivity index (χ3v) is 4.31. The number of morpholine rings is 1. The summed E-state index contributed by atoms with van der Waals surface area (Å²) in [6.07, 6.45) is 1.77. The van der Waals surface area contributed by atoms with Gasteiger partial charge in [-0.05, 0) is 30.3 Å². The molecule has 3 rings (SSSR count). The van der Waals surface area contributed by atoms with Crippen molar-refractivity contribution < 1.29 is 18.9 Å². The zero-order valence-corrected chi connectivity index (χ0v) is 15.4. The maximum Gasteiger partial charge on any atom is 0.164 e. The van der Waals surface area contributed by atoms with E-state index in [1.54, 1.807) is 33.6 Å². The fourth-order valence-electron chi connectivity index (χ4n) is 2.87. The fourth-order valence-corrected chi connectivity index (χ4v) is 2.87. The van der Waals surface area contributed by atoms with Gasteiger partial charge in [-0.3, -0.25) is 4.99 Å². The maximum atomic E-state index is 5.43. The van der Waals surface area contributed by atoms with Gasteiger partial charge < -0.3 is 23.8 Å². The third-order valence-electron chi connectivity index (χ3n) is 4.31. The van der Waals surface area contributed by atoms with E-state index in [1.165, 1.54) is 5.69 Å². The molecule has 6 nitrogen and oxygen atoms in total. The van der Waals surface area contributed by atoms with E-state index in [4.69, 9.17) is 18.9 Å². The molecule has 1 aliphatic heterocycles. The van der Waals surface area contributed by atoms with Gasteiger partial charge in [0.15, 0.2) is 11.5 Å². The molecule has 0 unspecified atom stereocenters. The maximum absolute atomic E-state index is 5.43. The molecule has 0 spiro atoms. The molecule has 138 valence electrons. The van der Waals surface area contributed by atoms with Crippen molar-refractivity contribution in [3.8, 4) is 17.2 Å². The van der Waals surface area contributed by atoms with Crippen LogP contribution in [-0.4, -0.2) is 53.8 Å². The van der Waals surface area contributed by atoms with Crippen molar-refractivity contribution in [2.75, 3.05) is 52.5 Å². The van der Waals surface area contributed by atoms with Gasteiger partial charge in [0, 0.05) is 36.6 Å². The van der Waals surface area contributed by atoms with E-state index in [1.807, 2.05) is 18.2 Å². The van der Waals surface area contributed by atoms with Crippen LogP contribution in [0.25, 0.3) is 0 Å². The molecular weight excluding hydrogens is 332 g/mol. The first-order chi connectivity index (χ1) is 12.7. The van der Waals surface area contributed by atoms with Crippen molar-refractivity contribution in [2.45, 2.75) is 0 Å². The Kier molecular flexibility index (Phi) is 5.96. The van der Waals surface area contributed by atoms with Gasteiger partial charge in [0.25, 0.3) is 0 Å². The Morgan fingerprint density at radius 3 is 2.12 bits per heavy atom. The molecule has 2 aromatic rings. The Hall–Kier alpha value is -2.73. The summed E-state index contributed by atoms with van der Waals surface area (Å²) in [6, 6.07) is 11.8. The lowest BCUT2D eigenvalue weighted by Crippen LogP contribution is -2.36. The third kappa shape index (κ3) is 4.08. The normalized spacial score (nSPS) is 14.5. The highest BCUT2D eigenvalue weighted by molar-refractivity contribution is 5.87. The van der Waals surface area contributed by atoms with Gasteiger partial charge >= 0.3 is 0 Å². The van der Waals surface area contributed by atoms with Crippen molar-refractivity contribution in [3.63, 3.8) is 0 Å². The molecule has 2 aromatic carbocycles. The number of hydrogen-bond acceptors (Lipinski definition) is 6. The smallest absolute Gasteiger partial charge is 0.164 e. The molecule has 0 aliphatic carbocycles. The first kappa shape index (κ1) is 18.1. The quantitative estimate of drug-likeness (QED) is 0.744. The second-order valence-electron chi connectivity index (χ2n) is 5.82. The van der Waals surface area contributed by atoms with Crippen LogP contribution < -0.4 is 19.1 Å². The molecule has 1 saturated heterocycles. The molecule has 0 amide bonds. The number of benzene rings is 2. The molecule has 1 fully saturated rings. The Morgan fingerprint density at radius 1 is 0.885 bits per heavy atom. The van der Waals surface area contributed by atoms with E-state index in [9.17, 15) is 0 Å². The molecule has 0 N–H and O–H groups in total. The predicted octanol–water partition coefficient (Wildman–Crippen LogP) is 3.30. The van der Waals surface area contributed by atoms with Crippen LogP contribution in [0.3, 0.4) is 0 Å². The van der Waals surface area contributed by atoms with Gasteiger partial charge in [-0.15, -0.1) is 0 Å². The first-order valence-electron chi connectivity index (χ1n) is 8.52. The number of anilines is 1. The monoisotopic (exact) mass is 356 g/mol. The molecule has 26 heavy (non-hydrogen) atoms. The van der Waals surface area contributed by atoms with Gasteiger partial charge in [0.05, 0.1) is 40.2 Å². The topological polar surface area (TPSA) is 52.5 Å². The van der Waals surface area contributed by atoms with Crippen LogP contribution in [-0.2, 0) is 4.74 Å². The Balaban J connectivity index is 1.78. The van der Waals surface area contributed by atoms with E-state index >= 15 is 0 Å². The summed E-state index contributed by atoms with van der Waals surface area (Å²) < 4.78 is 21.5. The Labute approximate surface area is 154 Å². The van der Waals surface area contributed by atoms with Crippen LogP contribution in [0.15, 0.2) is 41.4 Å². The van der Waals surface area contributed by atoms with Crippen LogP contribution in [0, 0.1) is 0 Å². The molecule has 1 aliphatic rings. The molecule has 1 heterocycles. The van der Waals surface area contributed by atoms with E-state index in [0.717, 1.165) is 37.6 Å². The van der Waals surface area contributed by atoms with Crippen molar-refractivity contribution in [3.05, 3.63) is 42.0 Å². The van der Waals surface area contributed by atoms with Crippen molar-refractivity contribution >= 4 is 17.6 Å². The fraction of sp³-hybridized carbons (Fsp3) is 0.350. The second-order valence-corrected chi connectivity index (χ2v) is 5.82. The molecular formula is C20H24N2O4. The lowest BCUT2D eigenvalue weighted by Gasteiger charge is -2.28. The summed E-state index contributed by atoms with van der Waals surface area (Å²) in [5, 5.41) is 0. The van der Waals surface area contributed by atoms with Crippen LogP contribution in [0.4, 0.5) is 11.4 Å². The summed E-state index contributed by atoms with van der Waals surface area (Å²) in [5.74, 6) is 1.94. The van der Waals surface area contributed by atoms with Gasteiger partial charge in [0.1, 0.15) is 5.75 Å². The van der Waals surface area contributed by atoms with Gasteiger partial charge in [-0.2, -0.15) is 0 Å². The van der Waals surface area contributed by atoms with Crippen molar-refractivity contribution in [2.24, 2.45) is 4.99 Å². The highest BCUT2D eigenvalue weighted by Crippen LogP contribution is 2.34. The summed E-state index contributed by atoms with van der Waals surface area (Å²) in [4.78, 5) is 6.87. The summed E-state index contributed by atoms with van der Waals surface area (Å²) >= 11 is 0. The zero-order valence-electron chi connectivity index (χ0n) is 15.4. The molecule has 0 radical (unpaired) electrons. The summed E-state index contributed by atoms with van der Waals surface area (Å²) in [5.41, 5.74) is 2.89. The Morgan fingerprint density at radius 2 is 1.50 bits per heavy atom. The predicted molar refractivity (Wildman–Crippen MR) is 103 cm³/mol. The minimum atomic E-state index is 0.622. The lowest BCUT2D eigenvalue weighted by molar-refractivity contribution is 0.122. The molecule has 0 saturated carbocycles. The number of ether oxygens (including phenoxy) is 4. The minimum Gasteiger partial charge on any atom is -0.496 e. The van der Waals surface area contributed by atoms with Gasteiger partial charge in [0.2, 0.25) is 0 Å². The highest BCUT2D eigenvalue weighted by Gasteiger charge is 2.12. The van der Waals surface area contributed by atoms with E-state index in [2.05, 4.69) is 22.0 Å². The molecule has 0 bridgehead atoms.